The van der Waals surface area contributed by atoms with E-state index in [0.29, 0.717) is 29.4 Å². The van der Waals surface area contributed by atoms with Gasteiger partial charge in [-0.05, 0) is 80.3 Å². The molecule has 0 saturated carbocycles. The SMILES string of the molecule is CCOc1cc(C(C(=O)NS(=O)(=O)c2cccc(C#N)c2)N(N)c2ccc3cnccc3c2)ccc1OC(C)C. The number of carbonyl (C=O) groups is 1. The first-order chi connectivity index (χ1) is 19.1. The molecule has 1 amide bonds. The normalized spacial score (nSPS) is 12.0. The lowest BCUT2D eigenvalue weighted by atomic mass is 10.0. The number of ether oxygens (including phenoxy) is 2. The van der Waals surface area contributed by atoms with Crippen LogP contribution in [-0.2, 0) is 14.8 Å². The molecule has 1 heterocycles. The monoisotopic (exact) mass is 559 g/mol. The molecule has 3 N–H and O–H groups in total. The molecule has 0 fully saturated rings. The van der Waals surface area contributed by atoms with Gasteiger partial charge in [-0.15, -0.1) is 0 Å². The Morgan fingerprint density at radius 1 is 1.07 bits per heavy atom. The van der Waals surface area contributed by atoms with Crippen LogP contribution in [0.4, 0.5) is 5.69 Å². The number of hydrazine groups is 1. The van der Waals surface area contributed by atoms with Gasteiger partial charge in [-0.1, -0.05) is 18.2 Å². The Kier molecular flexibility index (Phi) is 8.52. The summed E-state index contributed by atoms with van der Waals surface area (Å²) in [6, 6.07) is 18.0. The number of hydrogen-bond donors (Lipinski definition) is 2. The Hall–Kier alpha value is -4.66. The van der Waals surface area contributed by atoms with E-state index in [1.807, 2.05) is 32.9 Å². The Morgan fingerprint density at radius 3 is 2.60 bits per heavy atom. The van der Waals surface area contributed by atoms with Gasteiger partial charge in [-0.25, -0.2) is 19.0 Å². The molecule has 10 nitrogen and oxygen atoms in total. The quantitative estimate of drug-likeness (QED) is 0.215. The van der Waals surface area contributed by atoms with Crippen molar-refractivity contribution in [3.63, 3.8) is 0 Å². The van der Waals surface area contributed by atoms with Gasteiger partial charge >= 0.3 is 0 Å². The third kappa shape index (κ3) is 6.31. The average molecular weight is 560 g/mol. The molecular weight excluding hydrogens is 530 g/mol. The topological polar surface area (TPSA) is 148 Å². The lowest BCUT2D eigenvalue weighted by Gasteiger charge is -2.29. The highest BCUT2D eigenvalue weighted by Gasteiger charge is 2.31. The van der Waals surface area contributed by atoms with Gasteiger partial charge in [-0.3, -0.25) is 14.8 Å². The number of carbonyl (C=O) groups excluding carboxylic acids is 1. The van der Waals surface area contributed by atoms with Crippen molar-refractivity contribution in [3.8, 4) is 17.6 Å². The van der Waals surface area contributed by atoms with E-state index in [1.165, 1.54) is 29.3 Å². The number of benzene rings is 3. The van der Waals surface area contributed by atoms with Crippen LogP contribution in [0.25, 0.3) is 10.8 Å². The van der Waals surface area contributed by atoms with Crippen molar-refractivity contribution in [1.29, 1.82) is 5.26 Å². The van der Waals surface area contributed by atoms with E-state index in [2.05, 4.69) is 9.71 Å². The summed E-state index contributed by atoms with van der Waals surface area (Å²) >= 11 is 0. The van der Waals surface area contributed by atoms with Gasteiger partial charge < -0.3 is 9.47 Å². The first-order valence-electron chi connectivity index (χ1n) is 12.5. The molecular formula is C29H29N5O5S. The molecule has 206 valence electrons. The predicted molar refractivity (Wildman–Crippen MR) is 151 cm³/mol. The van der Waals surface area contributed by atoms with Crippen LogP contribution in [0.3, 0.4) is 0 Å². The van der Waals surface area contributed by atoms with Crippen LogP contribution in [0, 0.1) is 11.3 Å². The summed E-state index contributed by atoms with van der Waals surface area (Å²) < 4.78 is 40.1. The van der Waals surface area contributed by atoms with Gasteiger partial charge in [0.05, 0.1) is 34.9 Å². The van der Waals surface area contributed by atoms with Crippen LogP contribution in [0.1, 0.15) is 37.9 Å². The number of hydrogen-bond acceptors (Lipinski definition) is 9. The lowest BCUT2D eigenvalue weighted by Crippen LogP contribution is -2.46. The summed E-state index contributed by atoms with van der Waals surface area (Å²) in [6.07, 6.45) is 3.21. The number of nitrogens with zero attached hydrogens (tertiary/aromatic N) is 3. The molecule has 11 heteroatoms. The molecule has 3 aromatic carbocycles. The number of sulfonamides is 1. The molecule has 1 atom stereocenters. The number of amides is 1. The maximum absolute atomic E-state index is 13.7. The number of nitrogens with two attached hydrogens (primary N) is 1. The molecule has 0 bridgehead atoms. The second-order valence-electron chi connectivity index (χ2n) is 9.13. The number of pyridine rings is 1. The highest BCUT2D eigenvalue weighted by atomic mass is 32.2. The van der Waals surface area contributed by atoms with E-state index >= 15 is 0 Å². The van der Waals surface area contributed by atoms with Crippen molar-refractivity contribution in [2.75, 3.05) is 11.6 Å². The number of nitriles is 1. The Labute approximate surface area is 233 Å². The van der Waals surface area contributed by atoms with Gasteiger partial charge in [0.1, 0.15) is 6.04 Å². The average Bonchev–Trinajstić information content (AvgIpc) is 2.93. The Bertz CT molecular complexity index is 1680. The molecule has 4 rings (SSSR count). The van der Waals surface area contributed by atoms with Crippen molar-refractivity contribution < 1.29 is 22.7 Å². The van der Waals surface area contributed by atoms with E-state index in [0.717, 1.165) is 10.8 Å². The highest BCUT2D eigenvalue weighted by Crippen LogP contribution is 2.35. The molecule has 0 aliphatic heterocycles. The number of nitrogens with one attached hydrogen (secondary N) is 1. The summed E-state index contributed by atoms with van der Waals surface area (Å²) in [5.74, 6) is 6.51. The highest BCUT2D eigenvalue weighted by molar-refractivity contribution is 7.90. The minimum atomic E-state index is -4.34. The van der Waals surface area contributed by atoms with Crippen LogP contribution in [-0.4, -0.2) is 32.0 Å². The minimum Gasteiger partial charge on any atom is -0.490 e. The van der Waals surface area contributed by atoms with Crippen LogP contribution in [0.5, 0.6) is 11.5 Å². The molecule has 0 spiro atoms. The number of rotatable bonds is 10. The lowest BCUT2D eigenvalue weighted by molar-refractivity contribution is -0.120. The van der Waals surface area contributed by atoms with E-state index in [4.69, 9.17) is 15.3 Å². The van der Waals surface area contributed by atoms with Gasteiger partial charge in [0, 0.05) is 17.8 Å². The second kappa shape index (κ2) is 12.0. The van der Waals surface area contributed by atoms with Crippen molar-refractivity contribution >= 4 is 32.4 Å². The molecule has 0 aliphatic carbocycles. The van der Waals surface area contributed by atoms with Crippen molar-refractivity contribution in [3.05, 3.63) is 90.3 Å². The number of anilines is 1. The standard InChI is InChI=1S/C29H29N5O5S/c1-4-38-27-16-22(9-11-26(27)39-19(2)3)28(34(31)24-10-8-23-18-32-13-12-21(23)15-24)29(35)33-40(36,37)25-7-5-6-20(14-25)17-30/h5-16,18-19,28H,4,31H2,1-3H3,(H,33,35). The molecule has 0 aliphatic rings. The van der Waals surface area contributed by atoms with Crippen molar-refractivity contribution in [2.45, 2.75) is 37.8 Å². The predicted octanol–water partition coefficient (Wildman–Crippen LogP) is 4.22. The summed E-state index contributed by atoms with van der Waals surface area (Å²) in [5.41, 5.74) is 0.971. The molecule has 0 radical (unpaired) electrons. The van der Waals surface area contributed by atoms with Crippen LogP contribution in [0.15, 0.2) is 84.0 Å². The Balaban J connectivity index is 1.79. The van der Waals surface area contributed by atoms with Crippen LogP contribution in [0.2, 0.25) is 0 Å². The summed E-state index contributed by atoms with van der Waals surface area (Å²) in [6.45, 7) is 5.91. The third-order valence-corrected chi connectivity index (χ3v) is 7.25. The van der Waals surface area contributed by atoms with Gasteiger partial charge in [0.25, 0.3) is 15.9 Å². The molecule has 40 heavy (non-hydrogen) atoms. The van der Waals surface area contributed by atoms with Crippen molar-refractivity contribution in [2.24, 2.45) is 5.84 Å². The smallest absolute Gasteiger partial charge is 0.264 e. The van der Waals surface area contributed by atoms with Gasteiger partial charge in [0.15, 0.2) is 11.5 Å². The fourth-order valence-corrected chi connectivity index (χ4v) is 5.15. The zero-order chi connectivity index (χ0) is 28.9. The fourth-order valence-electron chi connectivity index (χ4n) is 4.11. The molecule has 1 unspecified atom stereocenters. The summed E-state index contributed by atoms with van der Waals surface area (Å²) in [7, 11) is -4.34. The second-order valence-corrected chi connectivity index (χ2v) is 10.8. The summed E-state index contributed by atoms with van der Waals surface area (Å²) in [4.78, 5) is 17.6. The molecule has 4 aromatic rings. The summed E-state index contributed by atoms with van der Waals surface area (Å²) in [5, 5.41) is 12.1. The van der Waals surface area contributed by atoms with Gasteiger partial charge in [0.2, 0.25) is 0 Å². The Morgan fingerprint density at radius 2 is 1.88 bits per heavy atom. The molecule has 0 saturated heterocycles. The molecule has 1 aromatic heterocycles. The third-order valence-electron chi connectivity index (χ3n) is 5.90. The minimum absolute atomic E-state index is 0.128. The zero-order valence-electron chi connectivity index (χ0n) is 22.2. The first kappa shape index (κ1) is 28.4. The van der Waals surface area contributed by atoms with Crippen LogP contribution >= 0.6 is 0 Å². The van der Waals surface area contributed by atoms with Crippen molar-refractivity contribution in [1.82, 2.24) is 9.71 Å². The first-order valence-corrected chi connectivity index (χ1v) is 14.0. The fraction of sp³-hybridized carbons (Fsp3) is 0.207. The van der Waals surface area contributed by atoms with E-state index in [9.17, 15) is 18.5 Å². The largest absolute Gasteiger partial charge is 0.490 e. The number of aromatic nitrogens is 1. The van der Waals surface area contributed by atoms with Crippen LogP contribution < -0.4 is 25.0 Å². The van der Waals surface area contributed by atoms with E-state index in [1.54, 1.807) is 48.8 Å². The van der Waals surface area contributed by atoms with E-state index < -0.39 is 22.0 Å². The number of fused-ring (bicyclic) bond motifs is 1. The van der Waals surface area contributed by atoms with Gasteiger partial charge in [-0.2, -0.15) is 5.26 Å². The maximum atomic E-state index is 13.7. The van der Waals surface area contributed by atoms with E-state index in [-0.39, 0.29) is 16.6 Å². The zero-order valence-corrected chi connectivity index (χ0v) is 23.1. The maximum Gasteiger partial charge on any atom is 0.264 e.